The van der Waals surface area contributed by atoms with Crippen molar-refractivity contribution in [3.63, 3.8) is 0 Å². The van der Waals surface area contributed by atoms with Crippen LogP contribution < -0.4 is 5.32 Å². The van der Waals surface area contributed by atoms with Crippen LogP contribution in [-0.2, 0) is 4.79 Å². The summed E-state index contributed by atoms with van der Waals surface area (Å²) in [5.41, 5.74) is 0.813. The van der Waals surface area contributed by atoms with Gasteiger partial charge < -0.3 is 9.84 Å². The molecule has 0 unspecified atom stereocenters. The smallest absolute Gasteiger partial charge is 0.249 e. The molecule has 0 bridgehead atoms. The molecule has 0 fully saturated rings. The Hall–Kier alpha value is -1.58. The van der Waals surface area contributed by atoms with Crippen molar-refractivity contribution in [2.45, 2.75) is 13.8 Å². The Labute approximate surface area is 70.2 Å². The Morgan fingerprint density at radius 3 is 3.00 bits per heavy atom. The fraction of sp³-hybridized carbons (Fsp3) is 0.250. The van der Waals surface area contributed by atoms with Crippen LogP contribution in [0.2, 0.25) is 0 Å². The Kier molecular flexibility index (Phi) is 2.63. The highest BCUT2D eigenvalue weighted by Gasteiger charge is 2.04. The molecule has 1 aromatic rings. The number of carbonyl (C=O) groups excluding carboxylic acids is 1. The van der Waals surface area contributed by atoms with Crippen molar-refractivity contribution < 1.29 is 9.32 Å². The minimum Gasteiger partial charge on any atom is -0.362 e. The summed E-state index contributed by atoms with van der Waals surface area (Å²) in [6, 6.07) is 0. The second-order valence-corrected chi connectivity index (χ2v) is 2.34. The number of allylic oxidation sites excluding steroid dienone is 1. The van der Waals surface area contributed by atoms with Gasteiger partial charge in [-0.1, -0.05) is 11.2 Å². The van der Waals surface area contributed by atoms with Crippen LogP contribution in [0.5, 0.6) is 0 Å². The molecule has 0 atom stereocenters. The van der Waals surface area contributed by atoms with Crippen LogP contribution in [0.3, 0.4) is 0 Å². The van der Waals surface area contributed by atoms with E-state index in [0.717, 1.165) is 5.56 Å². The van der Waals surface area contributed by atoms with Crippen LogP contribution in [0.25, 0.3) is 0 Å². The SMILES string of the molecule is C/C=C/C(=O)Nc1nocc1C. The summed E-state index contributed by atoms with van der Waals surface area (Å²) in [5, 5.41) is 6.16. The maximum Gasteiger partial charge on any atom is 0.249 e. The second kappa shape index (κ2) is 3.71. The minimum atomic E-state index is -0.200. The molecule has 0 aliphatic rings. The molecular weight excluding hydrogens is 156 g/mol. The number of aromatic nitrogens is 1. The van der Waals surface area contributed by atoms with Gasteiger partial charge in [-0.2, -0.15) is 0 Å². The van der Waals surface area contributed by atoms with Crippen molar-refractivity contribution in [1.29, 1.82) is 0 Å². The third kappa shape index (κ3) is 1.95. The van der Waals surface area contributed by atoms with Gasteiger partial charge in [-0.15, -0.1) is 0 Å². The molecule has 4 nitrogen and oxygen atoms in total. The summed E-state index contributed by atoms with van der Waals surface area (Å²) in [5.74, 6) is 0.271. The van der Waals surface area contributed by atoms with Gasteiger partial charge in [-0.05, 0) is 19.9 Å². The summed E-state index contributed by atoms with van der Waals surface area (Å²) in [7, 11) is 0. The third-order valence-corrected chi connectivity index (χ3v) is 1.31. The molecule has 4 heteroatoms. The summed E-state index contributed by atoms with van der Waals surface area (Å²) >= 11 is 0. The van der Waals surface area contributed by atoms with Crippen molar-refractivity contribution in [1.82, 2.24) is 5.16 Å². The van der Waals surface area contributed by atoms with E-state index in [1.54, 1.807) is 13.0 Å². The maximum atomic E-state index is 11.0. The normalized spacial score (nSPS) is 10.5. The summed E-state index contributed by atoms with van der Waals surface area (Å²) in [4.78, 5) is 11.0. The molecular formula is C8H10N2O2. The van der Waals surface area contributed by atoms with Crippen molar-refractivity contribution in [3.05, 3.63) is 24.0 Å². The van der Waals surface area contributed by atoms with Crippen LogP contribution in [0.4, 0.5) is 5.82 Å². The van der Waals surface area contributed by atoms with Crippen molar-refractivity contribution in [2.24, 2.45) is 0 Å². The van der Waals surface area contributed by atoms with Gasteiger partial charge in [0.25, 0.3) is 0 Å². The topological polar surface area (TPSA) is 55.1 Å². The molecule has 0 spiro atoms. The Bertz CT molecular complexity index is 302. The number of hydrogen-bond donors (Lipinski definition) is 1. The van der Waals surface area contributed by atoms with E-state index in [-0.39, 0.29) is 5.91 Å². The summed E-state index contributed by atoms with van der Waals surface area (Å²) in [6.45, 7) is 3.58. The van der Waals surface area contributed by atoms with E-state index >= 15 is 0 Å². The number of anilines is 1. The zero-order valence-corrected chi connectivity index (χ0v) is 7.00. The first kappa shape index (κ1) is 8.52. The van der Waals surface area contributed by atoms with Crippen molar-refractivity contribution >= 4 is 11.7 Å². The van der Waals surface area contributed by atoms with Gasteiger partial charge in [0.05, 0.1) is 0 Å². The van der Waals surface area contributed by atoms with Crippen LogP contribution in [-0.4, -0.2) is 11.1 Å². The van der Waals surface area contributed by atoms with E-state index in [1.807, 2.05) is 6.92 Å². The predicted molar refractivity (Wildman–Crippen MR) is 44.7 cm³/mol. The lowest BCUT2D eigenvalue weighted by molar-refractivity contribution is -0.111. The molecule has 1 amide bonds. The largest absolute Gasteiger partial charge is 0.362 e. The molecule has 1 rings (SSSR count). The van der Waals surface area contributed by atoms with Gasteiger partial charge >= 0.3 is 0 Å². The van der Waals surface area contributed by atoms with Crippen LogP contribution in [0.15, 0.2) is 22.9 Å². The molecule has 0 aliphatic heterocycles. The van der Waals surface area contributed by atoms with Gasteiger partial charge in [0, 0.05) is 5.56 Å². The maximum absolute atomic E-state index is 11.0. The number of carbonyl (C=O) groups is 1. The van der Waals surface area contributed by atoms with Crippen LogP contribution >= 0.6 is 0 Å². The lowest BCUT2D eigenvalue weighted by Crippen LogP contribution is -2.08. The van der Waals surface area contributed by atoms with Crippen molar-refractivity contribution in [2.75, 3.05) is 5.32 Å². The molecule has 1 N–H and O–H groups in total. The zero-order chi connectivity index (χ0) is 8.97. The molecule has 0 aromatic carbocycles. The number of aryl methyl sites for hydroxylation is 1. The molecule has 1 aromatic heterocycles. The Balaban J connectivity index is 2.64. The summed E-state index contributed by atoms with van der Waals surface area (Å²) in [6.07, 6.45) is 4.56. The van der Waals surface area contributed by atoms with E-state index in [2.05, 4.69) is 15.0 Å². The highest BCUT2D eigenvalue weighted by Crippen LogP contribution is 2.09. The lowest BCUT2D eigenvalue weighted by Gasteiger charge is -1.95. The summed E-state index contributed by atoms with van der Waals surface area (Å²) < 4.78 is 4.64. The van der Waals surface area contributed by atoms with Crippen molar-refractivity contribution in [3.8, 4) is 0 Å². The van der Waals surface area contributed by atoms with Gasteiger partial charge in [-0.3, -0.25) is 4.79 Å². The number of nitrogens with one attached hydrogen (secondary N) is 1. The van der Waals surface area contributed by atoms with Gasteiger partial charge in [0.15, 0.2) is 5.82 Å². The molecule has 12 heavy (non-hydrogen) atoms. The van der Waals surface area contributed by atoms with Crippen LogP contribution in [0.1, 0.15) is 12.5 Å². The first-order valence-electron chi connectivity index (χ1n) is 3.58. The van der Waals surface area contributed by atoms with E-state index in [1.165, 1.54) is 12.3 Å². The number of hydrogen-bond acceptors (Lipinski definition) is 3. The van der Waals surface area contributed by atoms with Gasteiger partial charge in [0.1, 0.15) is 6.26 Å². The van der Waals surface area contributed by atoms with E-state index in [4.69, 9.17) is 0 Å². The third-order valence-electron chi connectivity index (χ3n) is 1.31. The van der Waals surface area contributed by atoms with Crippen LogP contribution in [0, 0.1) is 6.92 Å². The number of rotatable bonds is 2. The van der Waals surface area contributed by atoms with E-state index in [9.17, 15) is 4.79 Å². The molecule has 0 radical (unpaired) electrons. The fourth-order valence-electron chi connectivity index (χ4n) is 0.717. The first-order valence-corrected chi connectivity index (χ1v) is 3.58. The fourth-order valence-corrected chi connectivity index (χ4v) is 0.717. The quantitative estimate of drug-likeness (QED) is 0.677. The first-order chi connectivity index (χ1) is 5.74. The van der Waals surface area contributed by atoms with E-state index in [0.29, 0.717) is 5.82 Å². The molecule has 64 valence electrons. The molecule has 0 saturated carbocycles. The Morgan fingerprint density at radius 1 is 1.75 bits per heavy atom. The molecule has 1 heterocycles. The lowest BCUT2D eigenvalue weighted by atomic mass is 10.4. The Morgan fingerprint density at radius 2 is 2.50 bits per heavy atom. The monoisotopic (exact) mass is 166 g/mol. The van der Waals surface area contributed by atoms with Gasteiger partial charge in [-0.25, -0.2) is 0 Å². The minimum absolute atomic E-state index is 0.200. The average Bonchev–Trinajstić information content (AvgIpc) is 2.37. The van der Waals surface area contributed by atoms with Gasteiger partial charge in [0.2, 0.25) is 5.91 Å². The number of nitrogens with zero attached hydrogens (tertiary/aromatic N) is 1. The molecule has 0 aliphatic carbocycles. The second-order valence-electron chi connectivity index (χ2n) is 2.34. The average molecular weight is 166 g/mol. The predicted octanol–water partition coefficient (Wildman–Crippen LogP) is 1.50. The number of amides is 1. The highest BCUT2D eigenvalue weighted by molar-refractivity contribution is 5.98. The molecule has 0 saturated heterocycles. The zero-order valence-electron chi connectivity index (χ0n) is 7.00. The standard InChI is InChI=1S/C8H10N2O2/c1-3-4-7(11)9-8-6(2)5-12-10-8/h3-5H,1-2H3,(H,9,10,11)/b4-3+. The highest BCUT2D eigenvalue weighted by atomic mass is 16.5. The van der Waals surface area contributed by atoms with E-state index < -0.39 is 0 Å².